The van der Waals surface area contributed by atoms with Crippen LogP contribution in [0.1, 0.15) is 36.8 Å². The van der Waals surface area contributed by atoms with E-state index in [4.69, 9.17) is 18.9 Å². The maximum absolute atomic E-state index is 13.0. The molecule has 0 bridgehead atoms. The van der Waals surface area contributed by atoms with Crippen LogP contribution in [0.5, 0.6) is 0 Å². The third-order valence-electron chi connectivity index (χ3n) is 9.05. The fourth-order valence-electron chi connectivity index (χ4n) is 6.48. The molecular formula is C35H45N2O8P. The van der Waals surface area contributed by atoms with Crippen molar-refractivity contribution < 1.29 is 38.4 Å². The molecule has 3 aliphatic rings. The van der Waals surface area contributed by atoms with Crippen LogP contribution in [0.4, 0.5) is 9.59 Å². The summed E-state index contributed by atoms with van der Waals surface area (Å²) in [6, 6.07) is 15.8. The standard InChI is InChI=1S/C35H45N2O8P/c1-22(33(39)45-35(41)43-21-28-26-13-9-7-11-24(26)25-12-8-10-14-27(25)28)15-17-37-20-23(19-36(2)34(37)40)31-32(42-3)30(38)29(44-31)16-18-46(4,5)6/h7-14,19,22,28-32,38H,4,15-18,20-21H2,1-3,5-6H3/t22?,29-,30-,31?,32-/m1/s1. The lowest BCUT2D eigenvalue weighted by molar-refractivity contribution is -0.144. The van der Waals surface area contributed by atoms with E-state index in [9.17, 15) is 19.5 Å². The van der Waals surface area contributed by atoms with Gasteiger partial charge in [0.05, 0.1) is 12.0 Å². The van der Waals surface area contributed by atoms with Crippen LogP contribution in [0.15, 0.2) is 60.3 Å². The number of carbonyl (C=O) groups excluding carboxylic acids is 3. The number of fused-ring (bicyclic) bond motifs is 3. The third-order valence-corrected chi connectivity index (χ3v) is 10.5. The summed E-state index contributed by atoms with van der Waals surface area (Å²) in [7, 11) is 3.20. The SMILES string of the molecule is C=P(C)(C)CC[C@H]1OC(C2=CN(C)C(=O)N(CCC(C)C(=O)OC(=O)OCC3c4ccccc4-c4ccccc43)C2)[C@H](OC)[C@@H]1O. The van der Waals surface area contributed by atoms with Crippen LogP contribution in [0, 0.1) is 5.92 Å². The van der Waals surface area contributed by atoms with Crippen molar-refractivity contribution in [3.8, 4) is 11.1 Å². The summed E-state index contributed by atoms with van der Waals surface area (Å²) in [6.45, 7) is 5.21. The van der Waals surface area contributed by atoms with Crippen molar-refractivity contribution >= 4 is 31.3 Å². The van der Waals surface area contributed by atoms with E-state index in [1.807, 2.05) is 48.5 Å². The zero-order valence-corrected chi connectivity index (χ0v) is 28.2. The molecule has 1 saturated heterocycles. The minimum atomic E-state index is -1.30. The maximum atomic E-state index is 13.0. The van der Waals surface area contributed by atoms with Gasteiger partial charge in [-0.1, -0.05) is 55.5 Å². The van der Waals surface area contributed by atoms with Crippen LogP contribution >= 0.6 is 6.89 Å². The number of methoxy groups -OCH3 is 1. The van der Waals surface area contributed by atoms with Crippen molar-refractivity contribution in [3.63, 3.8) is 0 Å². The van der Waals surface area contributed by atoms with Gasteiger partial charge in [0.25, 0.3) is 0 Å². The molecular weight excluding hydrogens is 607 g/mol. The summed E-state index contributed by atoms with van der Waals surface area (Å²) in [5.41, 5.74) is 5.14. The van der Waals surface area contributed by atoms with E-state index in [1.165, 1.54) is 4.90 Å². The highest BCUT2D eigenvalue weighted by atomic mass is 31.2. The fourth-order valence-corrected chi connectivity index (χ4v) is 7.43. The number of aliphatic hydroxyl groups is 1. The number of rotatable bonds is 11. The van der Waals surface area contributed by atoms with Gasteiger partial charge >= 0.3 is 18.2 Å². The highest BCUT2D eigenvalue weighted by Gasteiger charge is 2.46. The molecule has 1 fully saturated rings. The molecule has 0 radical (unpaired) electrons. The largest absolute Gasteiger partial charge is 0.516 e. The summed E-state index contributed by atoms with van der Waals surface area (Å²) < 4.78 is 22.4. The molecule has 1 aliphatic carbocycles. The Hall–Kier alpha value is -3.43. The van der Waals surface area contributed by atoms with Gasteiger partial charge in [0.15, 0.2) is 0 Å². The van der Waals surface area contributed by atoms with E-state index in [2.05, 4.69) is 19.6 Å². The van der Waals surface area contributed by atoms with E-state index in [-0.39, 0.29) is 44.2 Å². The highest BCUT2D eigenvalue weighted by molar-refractivity contribution is 7.72. The molecule has 2 aromatic rings. The van der Waals surface area contributed by atoms with Gasteiger partial charge in [0.1, 0.15) is 24.9 Å². The molecule has 1 N–H and O–H groups in total. The number of hydrogen-bond acceptors (Lipinski definition) is 8. The molecule has 46 heavy (non-hydrogen) atoms. The predicted octanol–water partition coefficient (Wildman–Crippen LogP) is 5.00. The molecule has 248 valence electrons. The average molecular weight is 653 g/mol. The van der Waals surface area contributed by atoms with Gasteiger partial charge in [-0.05, 0) is 60.2 Å². The quantitative estimate of drug-likeness (QED) is 0.205. The van der Waals surface area contributed by atoms with Crippen molar-refractivity contribution in [2.24, 2.45) is 5.92 Å². The number of amides is 2. The topological polar surface area (TPSA) is 115 Å². The van der Waals surface area contributed by atoms with Gasteiger partial charge in [-0.15, -0.1) is 13.2 Å². The third kappa shape index (κ3) is 7.41. The molecule has 2 heterocycles. The Labute approximate surface area is 271 Å². The summed E-state index contributed by atoms with van der Waals surface area (Å²) in [5.74, 6) is -1.53. The Morgan fingerprint density at radius 2 is 1.74 bits per heavy atom. The van der Waals surface area contributed by atoms with Crippen molar-refractivity contribution in [1.29, 1.82) is 0 Å². The van der Waals surface area contributed by atoms with Gasteiger partial charge in [0, 0.05) is 39.4 Å². The molecule has 0 aromatic heterocycles. The number of aliphatic hydroxyl groups excluding tert-OH is 1. The second-order valence-electron chi connectivity index (χ2n) is 13.2. The number of esters is 1. The molecule has 10 nitrogen and oxygen atoms in total. The highest BCUT2D eigenvalue weighted by Crippen LogP contribution is 2.44. The average Bonchev–Trinajstić information content (AvgIpc) is 3.52. The van der Waals surface area contributed by atoms with Crippen LogP contribution in [0.3, 0.4) is 0 Å². The molecule has 11 heteroatoms. The number of benzene rings is 2. The van der Waals surface area contributed by atoms with Gasteiger partial charge < -0.3 is 33.9 Å². The van der Waals surface area contributed by atoms with E-state index >= 15 is 0 Å². The van der Waals surface area contributed by atoms with Crippen molar-refractivity contribution in [2.45, 2.75) is 50.1 Å². The van der Waals surface area contributed by atoms with E-state index in [1.54, 1.807) is 32.2 Å². The predicted molar refractivity (Wildman–Crippen MR) is 179 cm³/mol. The number of hydrogen-bond donors (Lipinski definition) is 1. The maximum Gasteiger partial charge on any atom is 0.516 e. The molecule has 0 spiro atoms. The molecule has 2 aromatic carbocycles. The Balaban J connectivity index is 1.13. The molecule has 2 aliphatic heterocycles. The first kappa shape index (κ1) is 33.9. The second-order valence-corrected chi connectivity index (χ2v) is 17.5. The first-order valence-electron chi connectivity index (χ1n) is 15.7. The minimum absolute atomic E-state index is 0.0498. The summed E-state index contributed by atoms with van der Waals surface area (Å²) in [6.07, 6.45) is 4.50. The van der Waals surface area contributed by atoms with E-state index in [0.717, 1.165) is 34.0 Å². The number of ether oxygens (including phenoxy) is 4. The van der Waals surface area contributed by atoms with Gasteiger partial charge in [-0.25, -0.2) is 9.59 Å². The summed E-state index contributed by atoms with van der Waals surface area (Å²) in [5, 5.41) is 11.0. The Morgan fingerprint density at radius 3 is 2.35 bits per heavy atom. The molecule has 5 rings (SSSR count). The van der Waals surface area contributed by atoms with Crippen molar-refractivity contribution in [3.05, 3.63) is 71.4 Å². The minimum Gasteiger partial charge on any atom is -0.433 e. The van der Waals surface area contributed by atoms with Crippen LogP contribution < -0.4 is 0 Å². The molecule has 0 saturated carbocycles. The molecule has 2 amide bonds. The second kappa shape index (κ2) is 14.1. The lowest BCUT2D eigenvalue weighted by atomic mass is 9.98. The summed E-state index contributed by atoms with van der Waals surface area (Å²) in [4.78, 5) is 41.5. The monoisotopic (exact) mass is 652 g/mol. The zero-order valence-electron chi connectivity index (χ0n) is 27.3. The van der Waals surface area contributed by atoms with E-state index < -0.39 is 43.2 Å². The van der Waals surface area contributed by atoms with Crippen LogP contribution in [-0.2, 0) is 23.7 Å². The lowest BCUT2D eigenvalue weighted by Crippen LogP contribution is -2.48. The van der Waals surface area contributed by atoms with Crippen LogP contribution in [0.25, 0.3) is 11.1 Å². The normalized spacial score (nSPS) is 23.5. The van der Waals surface area contributed by atoms with Crippen LogP contribution in [-0.4, -0.2) is 117 Å². The fraction of sp³-hybridized carbons (Fsp3) is 0.486. The Kier molecular flexibility index (Phi) is 10.4. The lowest BCUT2D eigenvalue weighted by Gasteiger charge is -2.35. The zero-order chi connectivity index (χ0) is 33.2. The number of nitrogens with zero attached hydrogens (tertiary/aromatic N) is 2. The van der Waals surface area contributed by atoms with Crippen molar-refractivity contribution in [2.75, 3.05) is 53.3 Å². The molecule has 2 unspecified atom stereocenters. The summed E-state index contributed by atoms with van der Waals surface area (Å²) >= 11 is 0. The van der Waals surface area contributed by atoms with Gasteiger partial charge in [-0.2, -0.15) is 0 Å². The first-order chi connectivity index (χ1) is 21.9. The number of carbonyl (C=O) groups is 3. The van der Waals surface area contributed by atoms with Gasteiger partial charge in [0.2, 0.25) is 0 Å². The van der Waals surface area contributed by atoms with Crippen molar-refractivity contribution in [1.82, 2.24) is 9.80 Å². The first-order valence-corrected chi connectivity index (χ1v) is 18.8. The molecule has 5 atom stereocenters. The van der Waals surface area contributed by atoms with Crippen LogP contribution in [0.2, 0.25) is 0 Å². The Morgan fingerprint density at radius 1 is 1.11 bits per heavy atom. The number of urea groups is 1. The smallest absolute Gasteiger partial charge is 0.433 e. The van der Waals surface area contributed by atoms with Gasteiger partial charge in [-0.3, -0.25) is 4.79 Å². The Bertz CT molecular complexity index is 1490. The van der Waals surface area contributed by atoms with E-state index in [0.29, 0.717) is 6.42 Å².